The van der Waals surface area contributed by atoms with Gasteiger partial charge in [0.15, 0.2) is 0 Å². The topological polar surface area (TPSA) is 42.0 Å². The maximum Gasteiger partial charge on any atom is 0.231 e. The van der Waals surface area contributed by atoms with Gasteiger partial charge in [-0.1, -0.05) is 38.1 Å². The lowest BCUT2D eigenvalue weighted by molar-refractivity contribution is -0.117. The van der Waals surface area contributed by atoms with Crippen molar-refractivity contribution in [2.45, 2.75) is 33.1 Å². The molecule has 1 aromatic heterocycles. The highest BCUT2D eigenvalue weighted by atomic mass is 16.1. The predicted octanol–water partition coefficient (Wildman–Crippen LogP) is 4.02. The second-order valence-corrected chi connectivity index (χ2v) is 5.79. The fraction of sp³-hybridized carbons (Fsp3) is 0.333. The Morgan fingerprint density at radius 3 is 2.24 bits per heavy atom. The van der Waals surface area contributed by atoms with Crippen LogP contribution in [0.5, 0.6) is 0 Å². The third-order valence-electron chi connectivity index (χ3n) is 3.46. The summed E-state index contributed by atoms with van der Waals surface area (Å²) >= 11 is 0. The quantitative estimate of drug-likeness (QED) is 0.900. The zero-order chi connectivity index (χ0) is 15.2. The zero-order valence-corrected chi connectivity index (χ0v) is 12.8. The summed E-state index contributed by atoms with van der Waals surface area (Å²) in [5.41, 5.74) is 3.13. The number of hydrogen-bond donors (Lipinski definition) is 1. The summed E-state index contributed by atoms with van der Waals surface area (Å²) in [6.45, 7) is 6.34. The molecule has 0 radical (unpaired) electrons. The predicted molar refractivity (Wildman–Crippen MR) is 86.3 cm³/mol. The van der Waals surface area contributed by atoms with Gasteiger partial charge in [-0.15, -0.1) is 0 Å². The second-order valence-electron chi connectivity index (χ2n) is 5.79. The van der Waals surface area contributed by atoms with Gasteiger partial charge in [0.1, 0.15) is 0 Å². The summed E-state index contributed by atoms with van der Waals surface area (Å²) in [4.78, 5) is 16.2. The first-order chi connectivity index (χ1) is 10.1. The van der Waals surface area contributed by atoms with Crippen molar-refractivity contribution in [1.82, 2.24) is 4.98 Å². The highest BCUT2D eigenvalue weighted by molar-refractivity contribution is 5.95. The van der Waals surface area contributed by atoms with E-state index in [1.54, 1.807) is 24.5 Å². The van der Waals surface area contributed by atoms with Crippen molar-refractivity contribution in [2.75, 3.05) is 5.32 Å². The molecule has 0 bridgehead atoms. The molecular formula is C18H22N2O. The van der Waals surface area contributed by atoms with Crippen molar-refractivity contribution in [2.24, 2.45) is 5.92 Å². The maximum absolute atomic E-state index is 12.2. The summed E-state index contributed by atoms with van der Waals surface area (Å²) in [7, 11) is 0. The van der Waals surface area contributed by atoms with Crippen LogP contribution in [0.15, 0.2) is 48.8 Å². The second kappa shape index (κ2) is 7.02. The highest BCUT2D eigenvalue weighted by Gasteiger charge is 2.15. The third-order valence-corrected chi connectivity index (χ3v) is 3.46. The Morgan fingerprint density at radius 1 is 1.05 bits per heavy atom. The summed E-state index contributed by atoms with van der Waals surface area (Å²) in [6, 6.07) is 11.9. The number of carbonyl (C=O) groups is 1. The van der Waals surface area contributed by atoms with Gasteiger partial charge in [0, 0.05) is 18.1 Å². The number of pyridine rings is 1. The van der Waals surface area contributed by atoms with E-state index in [2.05, 4.69) is 48.4 Å². The lowest BCUT2D eigenvalue weighted by Gasteiger charge is -2.13. The van der Waals surface area contributed by atoms with E-state index in [4.69, 9.17) is 0 Å². The lowest BCUT2D eigenvalue weighted by Crippen LogP contribution is -2.18. The van der Waals surface area contributed by atoms with Gasteiger partial charge in [-0.25, -0.2) is 0 Å². The van der Waals surface area contributed by atoms with E-state index in [0.29, 0.717) is 5.92 Å². The molecule has 3 nitrogen and oxygen atoms in total. The van der Waals surface area contributed by atoms with E-state index in [9.17, 15) is 4.79 Å². The molecule has 1 atom stereocenters. The number of benzene rings is 1. The number of hydrogen-bond acceptors (Lipinski definition) is 2. The first kappa shape index (κ1) is 15.2. The van der Waals surface area contributed by atoms with Crippen LogP contribution < -0.4 is 5.32 Å². The van der Waals surface area contributed by atoms with Crippen LogP contribution in [0.2, 0.25) is 0 Å². The van der Waals surface area contributed by atoms with Crippen molar-refractivity contribution < 1.29 is 4.79 Å². The molecule has 0 fully saturated rings. The number of carbonyl (C=O) groups excluding carboxylic acids is 1. The lowest BCUT2D eigenvalue weighted by atomic mass is 9.96. The molecule has 0 aliphatic rings. The molecule has 0 saturated heterocycles. The standard InChI is InChI=1S/C18H22N2O/c1-13(2)12-15-4-6-16(7-5-15)14(3)18(21)20-17-8-10-19-11-9-17/h4-11,13-14H,12H2,1-3H3,(H,19,20,21)/t14-/m1/s1. The van der Waals surface area contributed by atoms with E-state index in [0.717, 1.165) is 17.7 Å². The normalized spacial score (nSPS) is 12.2. The molecule has 0 saturated carbocycles. The van der Waals surface area contributed by atoms with Gasteiger partial charge < -0.3 is 5.32 Å². The van der Waals surface area contributed by atoms with Gasteiger partial charge in [-0.3, -0.25) is 9.78 Å². The third kappa shape index (κ3) is 4.42. The Bertz CT molecular complexity index is 576. The molecule has 0 unspecified atom stereocenters. The molecule has 1 heterocycles. The van der Waals surface area contributed by atoms with Gasteiger partial charge in [-0.05, 0) is 42.5 Å². The Balaban J connectivity index is 2.02. The van der Waals surface area contributed by atoms with Crippen LogP contribution in [0.4, 0.5) is 5.69 Å². The molecule has 1 amide bonds. The molecule has 0 spiro atoms. The molecule has 2 aromatic rings. The zero-order valence-electron chi connectivity index (χ0n) is 12.8. The Labute approximate surface area is 126 Å². The van der Waals surface area contributed by atoms with Crippen molar-refractivity contribution in [3.05, 3.63) is 59.9 Å². The molecule has 21 heavy (non-hydrogen) atoms. The molecular weight excluding hydrogens is 260 g/mol. The van der Waals surface area contributed by atoms with Gasteiger partial charge in [-0.2, -0.15) is 0 Å². The monoisotopic (exact) mass is 282 g/mol. The average molecular weight is 282 g/mol. The van der Waals surface area contributed by atoms with Gasteiger partial charge >= 0.3 is 0 Å². The molecule has 1 N–H and O–H groups in total. The van der Waals surface area contributed by atoms with Crippen LogP contribution in [0.3, 0.4) is 0 Å². The fourth-order valence-corrected chi connectivity index (χ4v) is 2.25. The van der Waals surface area contributed by atoms with Crippen LogP contribution in [-0.2, 0) is 11.2 Å². The fourth-order valence-electron chi connectivity index (χ4n) is 2.25. The van der Waals surface area contributed by atoms with E-state index < -0.39 is 0 Å². The molecule has 0 aliphatic carbocycles. The summed E-state index contributed by atoms with van der Waals surface area (Å²) in [6.07, 6.45) is 4.40. The molecule has 110 valence electrons. The Hall–Kier alpha value is -2.16. The smallest absolute Gasteiger partial charge is 0.231 e. The molecule has 2 rings (SSSR count). The van der Waals surface area contributed by atoms with Gasteiger partial charge in [0.25, 0.3) is 0 Å². The number of aromatic nitrogens is 1. The maximum atomic E-state index is 12.2. The number of amides is 1. The van der Waals surface area contributed by atoms with Crippen molar-refractivity contribution in [1.29, 1.82) is 0 Å². The van der Waals surface area contributed by atoms with Crippen molar-refractivity contribution in [3.63, 3.8) is 0 Å². The average Bonchev–Trinajstić information content (AvgIpc) is 2.47. The summed E-state index contributed by atoms with van der Waals surface area (Å²) in [5.74, 6) is 0.465. The molecule has 3 heteroatoms. The van der Waals surface area contributed by atoms with E-state index in [1.807, 2.05) is 6.92 Å². The largest absolute Gasteiger partial charge is 0.325 e. The van der Waals surface area contributed by atoms with E-state index >= 15 is 0 Å². The van der Waals surface area contributed by atoms with Crippen LogP contribution in [-0.4, -0.2) is 10.9 Å². The summed E-state index contributed by atoms with van der Waals surface area (Å²) in [5, 5.41) is 2.91. The van der Waals surface area contributed by atoms with Gasteiger partial charge in [0.05, 0.1) is 5.92 Å². The minimum absolute atomic E-state index is 0.00203. The van der Waals surface area contributed by atoms with Crippen LogP contribution in [0.1, 0.15) is 37.8 Å². The number of nitrogens with one attached hydrogen (secondary N) is 1. The minimum Gasteiger partial charge on any atom is -0.325 e. The number of nitrogens with zero attached hydrogens (tertiary/aromatic N) is 1. The van der Waals surface area contributed by atoms with E-state index in [1.165, 1.54) is 5.56 Å². The number of anilines is 1. The van der Waals surface area contributed by atoms with Crippen LogP contribution >= 0.6 is 0 Å². The highest BCUT2D eigenvalue weighted by Crippen LogP contribution is 2.19. The molecule has 1 aromatic carbocycles. The first-order valence-electron chi connectivity index (χ1n) is 7.36. The van der Waals surface area contributed by atoms with Crippen molar-refractivity contribution >= 4 is 11.6 Å². The number of rotatable bonds is 5. The SMILES string of the molecule is CC(C)Cc1ccc([C@@H](C)C(=O)Nc2ccncc2)cc1. The summed E-state index contributed by atoms with van der Waals surface area (Å²) < 4.78 is 0. The van der Waals surface area contributed by atoms with Crippen LogP contribution in [0, 0.1) is 5.92 Å². The Morgan fingerprint density at radius 2 is 1.67 bits per heavy atom. The molecule has 0 aliphatic heterocycles. The van der Waals surface area contributed by atoms with Crippen LogP contribution in [0.25, 0.3) is 0 Å². The Kier molecular flexibility index (Phi) is 5.09. The van der Waals surface area contributed by atoms with Crippen molar-refractivity contribution in [3.8, 4) is 0 Å². The minimum atomic E-state index is -0.175. The van der Waals surface area contributed by atoms with E-state index in [-0.39, 0.29) is 11.8 Å². The first-order valence-corrected chi connectivity index (χ1v) is 7.36. The van der Waals surface area contributed by atoms with Gasteiger partial charge in [0.2, 0.25) is 5.91 Å².